The van der Waals surface area contributed by atoms with Gasteiger partial charge < -0.3 is 10.2 Å². The molecule has 1 unspecified atom stereocenters. The van der Waals surface area contributed by atoms with E-state index in [9.17, 15) is 9.59 Å². The fourth-order valence-electron chi connectivity index (χ4n) is 2.42. The lowest BCUT2D eigenvalue weighted by Crippen LogP contribution is -2.59. The lowest BCUT2D eigenvalue weighted by atomic mass is 10.0. The molecular weight excluding hydrogens is 252 g/mol. The first-order valence-electron chi connectivity index (χ1n) is 7.19. The second-order valence-electron chi connectivity index (χ2n) is 5.69. The lowest BCUT2D eigenvalue weighted by molar-refractivity contribution is -0.145. The van der Waals surface area contributed by atoms with Crippen LogP contribution in [0, 0.1) is 5.92 Å². The monoisotopic (exact) mass is 274 g/mol. The van der Waals surface area contributed by atoms with Gasteiger partial charge in [0.15, 0.2) is 0 Å². The largest absolute Gasteiger partial charge is 0.345 e. The molecule has 0 aromatic heterocycles. The van der Waals surface area contributed by atoms with Crippen molar-refractivity contribution in [1.29, 1.82) is 0 Å². The highest BCUT2D eigenvalue weighted by Crippen LogP contribution is 2.14. The number of carbonyl (C=O) groups excluding carboxylic acids is 2. The smallest absolute Gasteiger partial charge is 0.243 e. The zero-order valence-corrected chi connectivity index (χ0v) is 12.1. The molecule has 0 saturated carbocycles. The number of nitrogens with zero attached hydrogens (tertiary/aromatic N) is 1. The number of amides is 2. The molecule has 2 amide bonds. The summed E-state index contributed by atoms with van der Waals surface area (Å²) in [7, 11) is 0. The summed E-state index contributed by atoms with van der Waals surface area (Å²) in [5.74, 6) is 0.494. The van der Waals surface area contributed by atoms with Crippen LogP contribution in [0.3, 0.4) is 0 Å². The van der Waals surface area contributed by atoms with E-state index in [1.165, 1.54) is 0 Å². The van der Waals surface area contributed by atoms with E-state index in [2.05, 4.69) is 19.2 Å². The highest BCUT2D eigenvalue weighted by molar-refractivity contribution is 5.95. The van der Waals surface area contributed by atoms with Gasteiger partial charge >= 0.3 is 0 Å². The molecule has 1 aliphatic rings. The average Bonchev–Trinajstić information content (AvgIpc) is 2.43. The minimum absolute atomic E-state index is 0.0196. The molecule has 0 aliphatic carbocycles. The van der Waals surface area contributed by atoms with Crippen molar-refractivity contribution < 1.29 is 9.59 Å². The van der Waals surface area contributed by atoms with Gasteiger partial charge in [-0.2, -0.15) is 0 Å². The van der Waals surface area contributed by atoms with Crippen molar-refractivity contribution in [2.75, 3.05) is 13.1 Å². The topological polar surface area (TPSA) is 49.4 Å². The molecular formula is C16H22N2O2. The van der Waals surface area contributed by atoms with Crippen molar-refractivity contribution in [1.82, 2.24) is 10.2 Å². The molecule has 0 bridgehead atoms. The number of carbonyl (C=O) groups is 2. The molecule has 1 N–H and O–H groups in total. The molecule has 0 spiro atoms. The Hall–Kier alpha value is -1.84. The van der Waals surface area contributed by atoms with E-state index in [0.717, 1.165) is 12.0 Å². The van der Waals surface area contributed by atoms with Crippen LogP contribution in [-0.4, -0.2) is 35.8 Å². The summed E-state index contributed by atoms with van der Waals surface area (Å²) >= 11 is 0. The standard InChI is InChI=1S/C16H22N2O2/c1-12(2)8-9-18-14(16(20)17-11-15(18)19)10-13-6-4-3-5-7-13/h3-7,12,14H,8-11H2,1-2H3,(H,17,20). The van der Waals surface area contributed by atoms with E-state index in [1.54, 1.807) is 4.90 Å². The van der Waals surface area contributed by atoms with E-state index >= 15 is 0 Å². The van der Waals surface area contributed by atoms with Crippen molar-refractivity contribution in [3.63, 3.8) is 0 Å². The number of benzene rings is 1. The molecule has 1 atom stereocenters. The summed E-state index contributed by atoms with van der Waals surface area (Å²) in [6.45, 7) is 5.03. The Kier molecular flexibility index (Phi) is 4.77. The predicted octanol–water partition coefficient (Wildman–Crippen LogP) is 1.60. The first-order chi connectivity index (χ1) is 9.58. The minimum atomic E-state index is -0.377. The molecule has 108 valence electrons. The van der Waals surface area contributed by atoms with Gasteiger partial charge in [-0.3, -0.25) is 9.59 Å². The third-order valence-corrected chi connectivity index (χ3v) is 3.63. The van der Waals surface area contributed by atoms with Gasteiger partial charge in [0.25, 0.3) is 0 Å². The Balaban J connectivity index is 2.11. The summed E-state index contributed by atoms with van der Waals surface area (Å²) < 4.78 is 0. The van der Waals surface area contributed by atoms with Crippen LogP contribution in [0.2, 0.25) is 0 Å². The molecule has 1 aromatic carbocycles. The van der Waals surface area contributed by atoms with Crippen LogP contribution in [0.4, 0.5) is 0 Å². The van der Waals surface area contributed by atoms with Gasteiger partial charge in [0.2, 0.25) is 11.8 Å². The van der Waals surface area contributed by atoms with Crippen molar-refractivity contribution in [2.24, 2.45) is 5.92 Å². The Morgan fingerprint density at radius 3 is 2.60 bits per heavy atom. The summed E-state index contributed by atoms with van der Waals surface area (Å²) in [4.78, 5) is 25.9. The summed E-state index contributed by atoms with van der Waals surface area (Å²) in [6, 6.07) is 9.47. The molecule has 2 rings (SSSR count). The lowest BCUT2D eigenvalue weighted by Gasteiger charge is -2.35. The third-order valence-electron chi connectivity index (χ3n) is 3.63. The van der Waals surface area contributed by atoms with Crippen molar-refractivity contribution >= 4 is 11.8 Å². The summed E-state index contributed by atoms with van der Waals surface area (Å²) in [5.41, 5.74) is 1.08. The van der Waals surface area contributed by atoms with E-state index in [0.29, 0.717) is 18.9 Å². The zero-order chi connectivity index (χ0) is 14.5. The Morgan fingerprint density at radius 2 is 1.95 bits per heavy atom. The van der Waals surface area contributed by atoms with Crippen LogP contribution in [0.1, 0.15) is 25.8 Å². The molecule has 1 aliphatic heterocycles. The van der Waals surface area contributed by atoms with E-state index in [4.69, 9.17) is 0 Å². The maximum absolute atomic E-state index is 12.1. The quantitative estimate of drug-likeness (QED) is 0.886. The second-order valence-corrected chi connectivity index (χ2v) is 5.69. The summed E-state index contributed by atoms with van der Waals surface area (Å²) in [6.07, 6.45) is 1.50. The highest BCUT2D eigenvalue weighted by atomic mass is 16.2. The molecule has 1 aromatic rings. The first-order valence-corrected chi connectivity index (χ1v) is 7.19. The van der Waals surface area contributed by atoms with Gasteiger partial charge in [-0.05, 0) is 17.9 Å². The molecule has 1 heterocycles. The van der Waals surface area contributed by atoms with Gasteiger partial charge in [-0.25, -0.2) is 0 Å². The average molecular weight is 274 g/mol. The fraction of sp³-hybridized carbons (Fsp3) is 0.500. The van der Waals surface area contributed by atoms with Crippen LogP contribution >= 0.6 is 0 Å². The van der Waals surface area contributed by atoms with E-state index < -0.39 is 0 Å². The van der Waals surface area contributed by atoms with Crippen molar-refractivity contribution in [3.8, 4) is 0 Å². The van der Waals surface area contributed by atoms with Crippen molar-refractivity contribution in [3.05, 3.63) is 35.9 Å². The number of hydrogen-bond donors (Lipinski definition) is 1. The van der Waals surface area contributed by atoms with Crippen LogP contribution in [0.5, 0.6) is 0 Å². The number of piperazine rings is 1. The molecule has 4 nitrogen and oxygen atoms in total. The molecule has 1 saturated heterocycles. The SMILES string of the molecule is CC(C)CCN1C(=O)CNC(=O)C1Cc1ccccc1. The van der Waals surface area contributed by atoms with Crippen LogP contribution < -0.4 is 5.32 Å². The Bertz CT molecular complexity index is 471. The molecule has 20 heavy (non-hydrogen) atoms. The van der Waals surface area contributed by atoms with Crippen LogP contribution in [-0.2, 0) is 16.0 Å². The van der Waals surface area contributed by atoms with Crippen LogP contribution in [0.25, 0.3) is 0 Å². The Morgan fingerprint density at radius 1 is 1.25 bits per heavy atom. The van der Waals surface area contributed by atoms with Crippen molar-refractivity contribution in [2.45, 2.75) is 32.7 Å². The van der Waals surface area contributed by atoms with E-state index in [1.807, 2.05) is 30.3 Å². The fourth-order valence-corrected chi connectivity index (χ4v) is 2.42. The maximum atomic E-state index is 12.1. The minimum Gasteiger partial charge on any atom is -0.345 e. The van der Waals surface area contributed by atoms with Gasteiger partial charge in [-0.1, -0.05) is 44.2 Å². The Labute approximate surface area is 120 Å². The highest BCUT2D eigenvalue weighted by Gasteiger charge is 2.34. The molecule has 1 fully saturated rings. The predicted molar refractivity (Wildman–Crippen MR) is 78.1 cm³/mol. The number of hydrogen-bond acceptors (Lipinski definition) is 2. The van der Waals surface area contributed by atoms with Crippen LogP contribution in [0.15, 0.2) is 30.3 Å². The van der Waals surface area contributed by atoms with Gasteiger partial charge in [0.1, 0.15) is 6.04 Å². The van der Waals surface area contributed by atoms with Gasteiger partial charge in [-0.15, -0.1) is 0 Å². The molecule has 4 heteroatoms. The third kappa shape index (κ3) is 3.59. The normalized spacial score (nSPS) is 19.4. The zero-order valence-electron chi connectivity index (χ0n) is 12.1. The first kappa shape index (κ1) is 14.6. The maximum Gasteiger partial charge on any atom is 0.243 e. The number of nitrogens with one attached hydrogen (secondary N) is 1. The van der Waals surface area contributed by atoms with Gasteiger partial charge in [0.05, 0.1) is 6.54 Å². The molecule has 0 radical (unpaired) electrons. The summed E-state index contributed by atoms with van der Waals surface area (Å²) in [5, 5.41) is 2.69. The number of rotatable bonds is 5. The van der Waals surface area contributed by atoms with E-state index in [-0.39, 0.29) is 24.4 Å². The second kappa shape index (κ2) is 6.55. The van der Waals surface area contributed by atoms with Gasteiger partial charge in [0, 0.05) is 13.0 Å².